The molecule has 0 radical (unpaired) electrons. The molecule has 1 fully saturated rings. The quantitative estimate of drug-likeness (QED) is 0.348. The number of rotatable bonds is 9. The van der Waals surface area contributed by atoms with E-state index >= 15 is 0 Å². The lowest BCUT2D eigenvalue weighted by Crippen LogP contribution is -2.18. The summed E-state index contributed by atoms with van der Waals surface area (Å²) < 4.78 is 3.87. The van der Waals surface area contributed by atoms with E-state index in [-0.39, 0.29) is 11.7 Å². The highest BCUT2D eigenvalue weighted by atomic mass is 35.5. The zero-order chi connectivity index (χ0) is 22.6. The number of nitrogens with one attached hydrogen (secondary N) is 1. The van der Waals surface area contributed by atoms with Crippen LogP contribution in [0.15, 0.2) is 72.0 Å². The molecule has 4 aromatic rings. The summed E-state index contributed by atoms with van der Waals surface area (Å²) in [6.07, 6.45) is 3.96. The van der Waals surface area contributed by atoms with Gasteiger partial charge in [0.15, 0.2) is 5.16 Å². The van der Waals surface area contributed by atoms with E-state index in [0.29, 0.717) is 29.8 Å². The van der Waals surface area contributed by atoms with Crippen molar-refractivity contribution in [2.24, 2.45) is 0 Å². The van der Waals surface area contributed by atoms with Gasteiger partial charge < -0.3 is 9.88 Å². The number of amides is 1. The van der Waals surface area contributed by atoms with Gasteiger partial charge in [-0.05, 0) is 30.0 Å². The Bertz CT molecular complexity index is 1250. The molecule has 0 unspecified atom stereocenters. The molecule has 0 atom stereocenters. The molecule has 0 bridgehead atoms. The molecule has 0 aliphatic heterocycles. The normalized spacial score (nSPS) is 13.2. The maximum absolute atomic E-state index is 12.7. The Balaban J connectivity index is 1.24. The molecule has 1 amide bonds. The van der Waals surface area contributed by atoms with Gasteiger partial charge >= 0.3 is 0 Å². The minimum absolute atomic E-state index is 0.122. The van der Waals surface area contributed by atoms with Crippen molar-refractivity contribution in [3.05, 3.63) is 88.8 Å². The van der Waals surface area contributed by atoms with Crippen molar-refractivity contribution in [2.75, 3.05) is 11.1 Å². The zero-order valence-corrected chi connectivity index (χ0v) is 19.5. The Morgan fingerprint density at radius 1 is 1.03 bits per heavy atom. The molecule has 5 rings (SSSR count). The second kappa shape index (κ2) is 9.80. The van der Waals surface area contributed by atoms with Gasteiger partial charge in [0.2, 0.25) is 5.91 Å². The molecule has 2 heterocycles. The van der Waals surface area contributed by atoms with Gasteiger partial charge in [0.05, 0.1) is 25.0 Å². The van der Waals surface area contributed by atoms with Crippen LogP contribution in [0, 0.1) is 0 Å². The van der Waals surface area contributed by atoms with Gasteiger partial charge in [-0.15, -0.1) is 10.2 Å². The Hall–Kier alpha value is -3.10. The highest BCUT2D eigenvalue weighted by Crippen LogP contribution is 2.40. The highest BCUT2D eigenvalue weighted by Gasteiger charge is 2.30. The largest absolute Gasteiger partial charge is 0.310 e. The van der Waals surface area contributed by atoms with Crippen LogP contribution in [0.25, 0.3) is 0 Å². The fraction of sp³-hybridized carbons (Fsp3) is 0.250. The Labute approximate surface area is 201 Å². The lowest BCUT2D eigenvalue weighted by atomic mass is 10.2. The second-order valence-corrected chi connectivity index (χ2v) is 9.34. The predicted molar refractivity (Wildman–Crippen MR) is 130 cm³/mol. The Kier molecular flexibility index (Phi) is 6.46. The van der Waals surface area contributed by atoms with Gasteiger partial charge in [0, 0.05) is 17.0 Å². The number of hydrogen-bond acceptors (Lipinski definition) is 5. The van der Waals surface area contributed by atoms with Gasteiger partial charge in [-0.1, -0.05) is 71.9 Å². The average molecular weight is 479 g/mol. The fourth-order valence-corrected chi connectivity index (χ4v) is 4.57. The topological polar surface area (TPSA) is 77.6 Å². The Morgan fingerprint density at radius 3 is 2.61 bits per heavy atom. The maximum Gasteiger partial charge on any atom is 0.235 e. The minimum atomic E-state index is -0.122. The monoisotopic (exact) mass is 478 g/mol. The van der Waals surface area contributed by atoms with E-state index in [1.54, 1.807) is 16.9 Å². The van der Waals surface area contributed by atoms with Crippen molar-refractivity contribution in [2.45, 2.75) is 37.0 Å². The average Bonchev–Trinajstić information content (AvgIpc) is 3.46. The predicted octanol–water partition coefficient (Wildman–Crippen LogP) is 4.83. The van der Waals surface area contributed by atoms with Gasteiger partial charge in [-0.2, -0.15) is 5.10 Å². The molecule has 0 spiro atoms. The SMILES string of the molecule is O=C(CSc1nnc(C2CC2)n1Cc1ccccc1)Nc1ccnn1Cc1ccccc1Cl. The molecule has 0 saturated heterocycles. The molecule has 1 saturated carbocycles. The summed E-state index contributed by atoms with van der Waals surface area (Å²) in [5.74, 6) is 2.23. The maximum atomic E-state index is 12.7. The summed E-state index contributed by atoms with van der Waals surface area (Å²) in [5, 5.41) is 17.5. The van der Waals surface area contributed by atoms with Crippen LogP contribution in [0.2, 0.25) is 5.02 Å². The number of carbonyl (C=O) groups excluding carboxylic acids is 1. The van der Waals surface area contributed by atoms with E-state index < -0.39 is 0 Å². The van der Waals surface area contributed by atoms with Crippen molar-refractivity contribution in [1.82, 2.24) is 24.5 Å². The van der Waals surface area contributed by atoms with Crippen molar-refractivity contribution < 1.29 is 4.79 Å². The molecule has 2 aromatic heterocycles. The first-order valence-electron chi connectivity index (χ1n) is 10.8. The van der Waals surface area contributed by atoms with Crippen molar-refractivity contribution in [1.29, 1.82) is 0 Å². The smallest absolute Gasteiger partial charge is 0.235 e. The summed E-state index contributed by atoms with van der Waals surface area (Å²) in [4.78, 5) is 12.7. The molecule has 1 aliphatic carbocycles. The minimum Gasteiger partial charge on any atom is -0.310 e. The molecule has 1 aliphatic rings. The number of halogens is 1. The molecule has 168 valence electrons. The first-order chi connectivity index (χ1) is 16.2. The summed E-state index contributed by atoms with van der Waals surface area (Å²) >= 11 is 7.67. The van der Waals surface area contributed by atoms with E-state index in [2.05, 4.69) is 37.3 Å². The third-order valence-electron chi connectivity index (χ3n) is 5.47. The van der Waals surface area contributed by atoms with Crippen LogP contribution in [-0.4, -0.2) is 36.2 Å². The van der Waals surface area contributed by atoms with E-state index in [1.165, 1.54) is 17.3 Å². The number of hydrogen-bond donors (Lipinski definition) is 1. The molecular formula is C24H23ClN6OS. The first-order valence-corrected chi connectivity index (χ1v) is 12.2. The summed E-state index contributed by atoms with van der Waals surface area (Å²) in [7, 11) is 0. The highest BCUT2D eigenvalue weighted by molar-refractivity contribution is 7.99. The van der Waals surface area contributed by atoms with Gasteiger partial charge in [0.1, 0.15) is 11.6 Å². The third kappa shape index (κ3) is 5.29. The van der Waals surface area contributed by atoms with Crippen LogP contribution < -0.4 is 5.32 Å². The third-order valence-corrected chi connectivity index (χ3v) is 6.80. The van der Waals surface area contributed by atoms with Crippen LogP contribution >= 0.6 is 23.4 Å². The molecule has 1 N–H and O–H groups in total. The van der Waals surface area contributed by atoms with Crippen LogP contribution in [0.5, 0.6) is 0 Å². The van der Waals surface area contributed by atoms with Gasteiger partial charge in [-0.25, -0.2) is 4.68 Å². The molecule has 2 aromatic carbocycles. The van der Waals surface area contributed by atoms with E-state index in [4.69, 9.17) is 11.6 Å². The number of nitrogens with zero attached hydrogens (tertiary/aromatic N) is 5. The number of benzene rings is 2. The van der Waals surface area contributed by atoms with Crippen LogP contribution in [0.3, 0.4) is 0 Å². The van der Waals surface area contributed by atoms with E-state index in [0.717, 1.165) is 29.4 Å². The molecule has 7 nitrogen and oxygen atoms in total. The van der Waals surface area contributed by atoms with Gasteiger partial charge in [-0.3, -0.25) is 4.79 Å². The van der Waals surface area contributed by atoms with Crippen LogP contribution in [-0.2, 0) is 17.9 Å². The second-order valence-electron chi connectivity index (χ2n) is 7.99. The standard InChI is InChI=1S/C24H23ClN6OS/c25-20-9-5-4-8-19(20)15-31-21(12-13-26-31)27-22(32)16-33-24-29-28-23(18-10-11-18)30(24)14-17-6-2-1-3-7-17/h1-9,12-13,18H,10-11,14-16H2,(H,27,32). The van der Waals surface area contributed by atoms with Gasteiger partial charge in [0.25, 0.3) is 0 Å². The number of aromatic nitrogens is 5. The lowest BCUT2D eigenvalue weighted by Gasteiger charge is -2.11. The van der Waals surface area contributed by atoms with Crippen LogP contribution in [0.1, 0.15) is 35.7 Å². The summed E-state index contributed by atoms with van der Waals surface area (Å²) in [6.45, 7) is 1.18. The fourth-order valence-electron chi connectivity index (χ4n) is 3.63. The molecular weight excluding hydrogens is 456 g/mol. The number of anilines is 1. The first kappa shape index (κ1) is 21.7. The molecule has 9 heteroatoms. The zero-order valence-electron chi connectivity index (χ0n) is 17.9. The van der Waals surface area contributed by atoms with E-state index in [9.17, 15) is 4.79 Å². The number of thioether (sulfide) groups is 1. The number of carbonyl (C=O) groups is 1. The summed E-state index contributed by atoms with van der Waals surface area (Å²) in [5.41, 5.74) is 2.13. The van der Waals surface area contributed by atoms with Crippen molar-refractivity contribution >= 4 is 35.1 Å². The molecule has 33 heavy (non-hydrogen) atoms. The van der Waals surface area contributed by atoms with Crippen molar-refractivity contribution in [3.63, 3.8) is 0 Å². The summed E-state index contributed by atoms with van der Waals surface area (Å²) in [6, 6.07) is 19.7. The lowest BCUT2D eigenvalue weighted by molar-refractivity contribution is -0.113. The van der Waals surface area contributed by atoms with Crippen LogP contribution in [0.4, 0.5) is 5.82 Å². The van der Waals surface area contributed by atoms with Crippen molar-refractivity contribution in [3.8, 4) is 0 Å². The van der Waals surface area contributed by atoms with E-state index in [1.807, 2.05) is 42.5 Å². The Morgan fingerprint density at radius 2 is 1.82 bits per heavy atom.